The number of nitrogens with zero attached hydrogens (tertiary/aromatic N) is 1. The van der Waals surface area contributed by atoms with E-state index in [1.165, 1.54) is 6.20 Å². The van der Waals surface area contributed by atoms with Crippen molar-refractivity contribution in [3.63, 3.8) is 0 Å². The summed E-state index contributed by atoms with van der Waals surface area (Å²) in [6, 6.07) is 3.39. The monoisotopic (exact) mass is 238 g/mol. The standard InChI is InChI=1S/C12H18N2O3/c1-4-17-12(2,3)8-14-9-6-5-7-13-10(9)11(15)16/h5-7,14H,4,8H2,1-3H3,(H,15,16). The van der Waals surface area contributed by atoms with Gasteiger partial charge in [-0.3, -0.25) is 0 Å². The molecule has 94 valence electrons. The van der Waals surface area contributed by atoms with Crippen molar-refractivity contribution in [1.82, 2.24) is 4.98 Å². The highest BCUT2D eigenvalue weighted by Crippen LogP contribution is 2.15. The number of carbonyl (C=O) groups is 1. The van der Waals surface area contributed by atoms with E-state index in [0.29, 0.717) is 18.8 Å². The highest BCUT2D eigenvalue weighted by Gasteiger charge is 2.19. The average Bonchev–Trinajstić information content (AvgIpc) is 2.27. The van der Waals surface area contributed by atoms with Crippen LogP contribution in [0.4, 0.5) is 5.69 Å². The molecule has 0 fully saturated rings. The second-order valence-electron chi connectivity index (χ2n) is 4.25. The van der Waals surface area contributed by atoms with E-state index in [2.05, 4.69) is 10.3 Å². The summed E-state index contributed by atoms with van der Waals surface area (Å²) in [6.07, 6.45) is 1.46. The van der Waals surface area contributed by atoms with Crippen molar-refractivity contribution in [2.24, 2.45) is 0 Å². The summed E-state index contributed by atoms with van der Waals surface area (Å²) < 4.78 is 5.52. The summed E-state index contributed by atoms with van der Waals surface area (Å²) in [5, 5.41) is 12.0. The van der Waals surface area contributed by atoms with Gasteiger partial charge < -0.3 is 15.2 Å². The molecular formula is C12H18N2O3. The summed E-state index contributed by atoms with van der Waals surface area (Å²) in [4.78, 5) is 14.8. The number of hydrogen-bond acceptors (Lipinski definition) is 4. The molecule has 1 rings (SSSR count). The number of carboxylic acids is 1. The van der Waals surface area contributed by atoms with E-state index in [9.17, 15) is 4.79 Å². The molecule has 0 aliphatic rings. The maximum absolute atomic E-state index is 10.9. The van der Waals surface area contributed by atoms with Gasteiger partial charge in [-0.15, -0.1) is 0 Å². The Morgan fingerprint density at radius 2 is 2.29 bits per heavy atom. The molecule has 0 spiro atoms. The molecule has 2 N–H and O–H groups in total. The van der Waals surface area contributed by atoms with Crippen LogP contribution in [0.1, 0.15) is 31.3 Å². The van der Waals surface area contributed by atoms with Crippen molar-refractivity contribution in [3.8, 4) is 0 Å². The SMILES string of the molecule is CCOC(C)(C)CNc1cccnc1C(=O)O. The minimum Gasteiger partial charge on any atom is -0.476 e. The first kappa shape index (κ1) is 13.4. The Bertz CT molecular complexity index is 391. The minimum atomic E-state index is -1.04. The van der Waals surface area contributed by atoms with Gasteiger partial charge in [0.1, 0.15) is 0 Å². The Balaban J connectivity index is 2.72. The molecule has 1 aromatic rings. The van der Waals surface area contributed by atoms with Crippen LogP contribution in [0, 0.1) is 0 Å². The predicted molar refractivity (Wildman–Crippen MR) is 65.4 cm³/mol. The van der Waals surface area contributed by atoms with Crippen molar-refractivity contribution in [1.29, 1.82) is 0 Å². The lowest BCUT2D eigenvalue weighted by atomic mass is 10.1. The first-order chi connectivity index (χ1) is 7.96. The topological polar surface area (TPSA) is 71.5 Å². The quantitative estimate of drug-likeness (QED) is 0.793. The largest absolute Gasteiger partial charge is 0.476 e. The number of carboxylic acid groups (broad SMARTS) is 1. The zero-order valence-corrected chi connectivity index (χ0v) is 10.4. The fraction of sp³-hybridized carbons (Fsp3) is 0.500. The van der Waals surface area contributed by atoms with Crippen LogP contribution < -0.4 is 5.32 Å². The highest BCUT2D eigenvalue weighted by molar-refractivity contribution is 5.91. The molecule has 0 atom stereocenters. The van der Waals surface area contributed by atoms with E-state index >= 15 is 0 Å². The summed E-state index contributed by atoms with van der Waals surface area (Å²) in [7, 11) is 0. The molecule has 0 radical (unpaired) electrons. The third-order valence-corrected chi connectivity index (χ3v) is 2.25. The predicted octanol–water partition coefficient (Wildman–Crippen LogP) is 2.01. The van der Waals surface area contributed by atoms with Crippen molar-refractivity contribution in [3.05, 3.63) is 24.0 Å². The van der Waals surface area contributed by atoms with Gasteiger partial charge in [0, 0.05) is 19.3 Å². The summed E-state index contributed by atoms with van der Waals surface area (Å²) >= 11 is 0. The summed E-state index contributed by atoms with van der Waals surface area (Å²) in [5.41, 5.74) is 0.188. The van der Waals surface area contributed by atoms with Crippen LogP contribution in [0.3, 0.4) is 0 Å². The van der Waals surface area contributed by atoms with Gasteiger partial charge in [-0.05, 0) is 32.9 Å². The smallest absolute Gasteiger partial charge is 0.356 e. The molecule has 1 aromatic heterocycles. The first-order valence-corrected chi connectivity index (χ1v) is 5.52. The number of aromatic nitrogens is 1. The van der Waals surface area contributed by atoms with E-state index < -0.39 is 5.97 Å². The van der Waals surface area contributed by atoms with E-state index in [0.717, 1.165) is 0 Å². The van der Waals surface area contributed by atoms with Crippen LogP contribution in [-0.2, 0) is 4.74 Å². The molecule has 17 heavy (non-hydrogen) atoms. The number of anilines is 1. The molecule has 0 aliphatic carbocycles. The zero-order valence-electron chi connectivity index (χ0n) is 10.4. The minimum absolute atomic E-state index is 0.0276. The first-order valence-electron chi connectivity index (χ1n) is 5.52. The van der Waals surface area contributed by atoms with Crippen LogP contribution in [0.5, 0.6) is 0 Å². The second kappa shape index (κ2) is 5.63. The molecular weight excluding hydrogens is 220 g/mol. The van der Waals surface area contributed by atoms with E-state index in [-0.39, 0.29) is 11.3 Å². The average molecular weight is 238 g/mol. The number of nitrogens with one attached hydrogen (secondary N) is 1. The van der Waals surface area contributed by atoms with Crippen molar-refractivity contribution < 1.29 is 14.6 Å². The Morgan fingerprint density at radius 1 is 1.59 bits per heavy atom. The van der Waals surface area contributed by atoms with Crippen LogP contribution >= 0.6 is 0 Å². The van der Waals surface area contributed by atoms with Gasteiger partial charge in [0.2, 0.25) is 0 Å². The Labute approximate surface area is 101 Å². The number of pyridine rings is 1. The third-order valence-electron chi connectivity index (χ3n) is 2.25. The van der Waals surface area contributed by atoms with E-state index in [4.69, 9.17) is 9.84 Å². The lowest BCUT2D eigenvalue weighted by Crippen LogP contribution is -2.33. The maximum atomic E-state index is 10.9. The van der Waals surface area contributed by atoms with Crippen LogP contribution in [-0.4, -0.2) is 34.8 Å². The van der Waals surface area contributed by atoms with Crippen LogP contribution in [0.25, 0.3) is 0 Å². The van der Waals surface area contributed by atoms with Crippen molar-refractivity contribution in [2.45, 2.75) is 26.4 Å². The highest BCUT2D eigenvalue weighted by atomic mass is 16.5. The Hall–Kier alpha value is -1.62. The molecule has 0 bridgehead atoms. The fourth-order valence-electron chi connectivity index (χ4n) is 1.47. The Morgan fingerprint density at radius 3 is 2.88 bits per heavy atom. The lowest BCUT2D eigenvalue weighted by Gasteiger charge is -2.25. The fourth-order valence-corrected chi connectivity index (χ4v) is 1.47. The Kier molecular flexibility index (Phi) is 4.45. The number of ether oxygens (including phenoxy) is 1. The number of rotatable bonds is 6. The summed E-state index contributed by atoms with van der Waals surface area (Å²) in [5.74, 6) is -1.04. The number of hydrogen-bond donors (Lipinski definition) is 2. The number of aromatic carboxylic acids is 1. The molecule has 5 heteroatoms. The van der Waals surface area contributed by atoms with E-state index in [1.54, 1.807) is 12.1 Å². The van der Waals surface area contributed by atoms with Crippen LogP contribution in [0.15, 0.2) is 18.3 Å². The molecule has 0 saturated heterocycles. The van der Waals surface area contributed by atoms with Gasteiger partial charge in [0.15, 0.2) is 5.69 Å². The van der Waals surface area contributed by atoms with Gasteiger partial charge in [0.25, 0.3) is 0 Å². The van der Waals surface area contributed by atoms with E-state index in [1.807, 2.05) is 20.8 Å². The lowest BCUT2D eigenvalue weighted by molar-refractivity contribution is 0.000653. The normalized spacial score (nSPS) is 11.2. The molecule has 0 aromatic carbocycles. The van der Waals surface area contributed by atoms with Crippen molar-refractivity contribution >= 4 is 11.7 Å². The van der Waals surface area contributed by atoms with Gasteiger partial charge in [0.05, 0.1) is 11.3 Å². The van der Waals surface area contributed by atoms with Crippen molar-refractivity contribution in [2.75, 3.05) is 18.5 Å². The van der Waals surface area contributed by atoms with Crippen LogP contribution in [0.2, 0.25) is 0 Å². The maximum Gasteiger partial charge on any atom is 0.356 e. The second-order valence-corrected chi connectivity index (χ2v) is 4.25. The third kappa shape index (κ3) is 4.03. The molecule has 0 unspecified atom stereocenters. The summed E-state index contributed by atoms with van der Waals surface area (Å²) in [6.45, 7) is 6.95. The molecule has 0 amide bonds. The van der Waals surface area contributed by atoms with Gasteiger partial charge >= 0.3 is 5.97 Å². The molecule has 0 saturated carbocycles. The van der Waals surface area contributed by atoms with Gasteiger partial charge in [-0.1, -0.05) is 0 Å². The van der Waals surface area contributed by atoms with Gasteiger partial charge in [-0.25, -0.2) is 9.78 Å². The zero-order chi connectivity index (χ0) is 12.9. The molecule has 0 aliphatic heterocycles. The molecule has 5 nitrogen and oxygen atoms in total. The van der Waals surface area contributed by atoms with Gasteiger partial charge in [-0.2, -0.15) is 0 Å². The molecule has 1 heterocycles.